The maximum Gasteiger partial charge on any atom is 0.254 e. The summed E-state index contributed by atoms with van der Waals surface area (Å²) in [4.78, 5) is 17.1. The van der Waals surface area contributed by atoms with Crippen LogP contribution in [0.15, 0.2) is 42.7 Å². The van der Waals surface area contributed by atoms with Crippen LogP contribution >= 0.6 is 0 Å². The fourth-order valence-corrected chi connectivity index (χ4v) is 4.17. The maximum absolute atomic E-state index is 12.8. The van der Waals surface area contributed by atoms with Crippen LogP contribution in [0.5, 0.6) is 5.75 Å². The van der Waals surface area contributed by atoms with E-state index in [0.29, 0.717) is 23.1 Å². The van der Waals surface area contributed by atoms with Gasteiger partial charge < -0.3 is 14.5 Å². The molecule has 0 N–H and O–H groups in total. The number of hydrogen-bond donors (Lipinski definition) is 0. The van der Waals surface area contributed by atoms with Crippen LogP contribution in [-0.2, 0) is 0 Å². The lowest BCUT2D eigenvalue weighted by Crippen LogP contribution is -2.33. The van der Waals surface area contributed by atoms with E-state index < -0.39 is 0 Å². The first kappa shape index (κ1) is 16.0. The summed E-state index contributed by atoms with van der Waals surface area (Å²) in [5, 5.41) is 12.5. The molecule has 0 saturated carbocycles. The Hall–Kier alpha value is -3.16. The molecule has 2 fully saturated rings. The summed E-state index contributed by atoms with van der Waals surface area (Å²) >= 11 is 0. The normalized spacial score (nSPS) is 21.7. The molecule has 2 aliphatic heterocycles. The lowest BCUT2D eigenvalue weighted by atomic mass is 10.0. The highest BCUT2D eigenvalue weighted by Crippen LogP contribution is 2.34. The Morgan fingerprint density at radius 1 is 1.11 bits per heavy atom. The number of likely N-dealkylation sites (tertiary alicyclic amines) is 1. The number of nitrogens with zero attached hydrogens (tertiary/aromatic N) is 6. The van der Waals surface area contributed by atoms with Crippen molar-refractivity contribution in [2.75, 3.05) is 38.2 Å². The molecule has 1 amide bonds. The minimum Gasteiger partial charge on any atom is -0.497 e. The number of amides is 1. The van der Waals surface area contributed by atoms with E-state index in [1.165, 1.54) is 0 Å². The monoisotopic (exact) mass is 364 g/mol. The van der Waals surface area contributed by atoms with Gasteiger partial charge in [-0.25, -0.2) is 0 Å². The smallest absolute Gasteiger partial charge is 0.254 e. The Labute approximate surface area is 156 Å². The lowest BCUT2D eigenvalue weighted by Gasteiger charge is -2.22. The van der Waals surface area contributed by atoms with E-state index >= 15 is 0 Å². The van der Waals surface area contributed by atoms with Crippen LogP contribution in [0, 0.1) is 11.8 Å². The van der Waals surface area contributed by atoms with Gasteiger partial charge in [-0.1, -0.05) is 6.07 Å². The van der Waals surface area contributed by atoms with Crippen molar-refractivity contribution < 1.29 is 9.53 Å². The van der Waals surface area contributed by atoms with Crippen LogP contribution in [-0.4, -0.2) is 63.9 Å². The second kappa shape index (κ2) is 6.22. The van der Waals surface area contributed by atoms with E-state index in [9.17, 15) is 4.79 Å². The number of fused-ring (bicyclic) bond motifs is 2. The predicted molar refractivity (Wildman–Crippen MR) is 98.9 cm³/mol. The minimum absolute atomic E-state index is 0.0823. The van der Waals surface area contributed by atoms with Gasteiger partial charge in [0.2, 0.25) is 0 Å². The fraction of sp³-hybridized carbons (Fsp3) is 0.368. The number of hydrogen-bond acceptors (Lipinski definition) is 6. The summed E-state index contributed by atoms with van der Waals surface area (Å²) in [6, 6.07) is 11.3. The number of ether oxygens (including phenoxy) is 1. The van der Waals surface area contributed by atoms with E-state index in [-0.39, 0.29) is 5.91 Å². The average molecular weight is 364 g/mol. The van der Waals surface area contributed by atoms with Gasteiger partial charge in [-0.15, -0.1) is 15.3 Å². The molecule has 8 nitrogen and oxygen atoms in total. The molecule has 0 radical (unpaired) electrons. The van der Waals surface area contributed by atoms with Gasteiger partial charge in [-0.05, 0) is 30.3 Å². The Morgan fingerprint density at radius 2 is 1.93 bits per heavy atom. The third kappa shape index (κ3) is 2.77. The molecular formula is C19H20N6O2. The number of methoxy groups -OCH3 is 1. The van der Waals surface area contributed by atoms with Crippen molar-refractivity contribution >= 4 is 17.4 Å². The number of aromatic nitrogens is 4. The number of benzene rings is 1. The van der Waals surface area contributed by atoms with E-state index in [2.05, 4.69) is 20.2 Å². The first-order valence-electron chi connectivity index (χ1n) is 9.06. The third-order valence-corrected chi connectivity index (χ3v) is 5.56. The van der Waals surface area contributed by atoms with E-state index in [1.54, 1.807) is 24.0 Å². The van der Waals surface area contributed by atoms with E-state index in [1.807, 2.05) is 35.2 Å². The molecule has 2 unspecified atom stereocenters. The van der Waals surface area contributed by atoms with Gasteiger partial charge in [0.05, 0.1) is 7.11 Å². The largest absolute Gasteiger partial charge is 0.497 e. The summed E-state index contributed by atoms with van der Waals surface area (Å²) in [7, 11) is 1.61. The molecule has 27 heavy (non-hydrogen) atoms. The zero-order chi connectivity index (χ0) is 18.4. The number of carbonyl (C=O) groups is 1. The molecule has 0 spiro atoms. The highest BCUT2D eigenvalue weighted by atomic mass is 16.5. The van der Waals surface area contributed by atoms with Crippen molar-refractivity contribution in [3.63, 3.8) is 0 Å². The molecule has 1 aromatic carbocycles. The summed E-state index contributed by atoms with van der Waals surface area (Å²) < 4.78 is 6.93. The number of anilines is 1. The molecule has 8 heteroatoms. The maximum atomic E-state index is 12.8. The van der Waals surface area contributed by atoms with Crippen LogP contribution in [0.1, 0.15) is 10.4 Å². The predicted octanol–water partition coefficient (Wildman–Crippen LogP) is 1.34. The summed E-state index contributed by atoms with van der Waals surface area (Å²) in [5.41, 5.74) is 1.43. The molecule has 5 rings (SSSR count). The molecule has 0 aliphatic carbocycles. The van der Waals surface area contributed by atoms with E-state index in [4.69, 9.17) is 4.74 Å². The Balaban J connectivity index is 1.28. The quantitative estimate of drug-likeness (QED) is 0.698. The van der Waals surface area contributed by atoms with Crippen LogP contribution in [0.2, 0.25) is 0 Å². The topological polar surface area (TPSA) is 75.9 Å². The molecule has 2 aromatic heterocycles. The molecule has 4 heterocycles. The van der Waals surface area contributed by atoms with Crippen molar-refractivity contribution in [2.24, 2.45) is 11.8 Å². The molecule has 3 aromatic rings. The molecular weight excluding hydrogens is 344 g/mol. The van der Waals surface area contributed by atoms with Gasteiger partial charge in [0.15, 0.2) is 5.65 Å². The Bertz CT molecular complexity index is 989. The average Bonchev–Trinajstić information content (AvgIpc) is 3.41. The highest BCUT2D eigenvalue weighted by molar-refractivity contribution is 5.94. The molecule has 2 atom stereocenters. The Kier molecular flexibility index (Phi) is 3.70. The summed E-state index contributed by atoms with van der Waals surface area (Å²) in [5.74, 6) is 2.67. The minimum atomic E-state index is 0.0823. The van der Waals surface area contributed by atoms with Crippen molar-refractivity contribution in [2.45, 2.75) is 0 Å². The standard InChI is InChI=1S/C19H20N6O2/c1-27-16-4-2-3-13(7-16)19(26)24-10-14-8-23(9-15(14)11-24)18-6-5-17-21-20-12-25(17)22-18/h2-7,12,14-15H,8-11H2,1H3. The van der Waals surface area contributed by atoms with Crippen LogP contribution in [0.4, 0.5) is 5.82 Å². The lowest BCUT2D eigenvalue weighted by molar-refractivity contribution is 0.0782. The van der Waals surface area contributed by atoms with Crippen molar-refractivity contribution in [1.82, 2.24) is 24.7 Å². The fourth-order valence-electron chi connectivity index (χ4n) is 4.17. The van der Waals surface area contributed by atoms with Gasteiger partial charge in [0, 0.05) is 43.6 Å². The Morgan fingerprint density at radius 3 is 2.70 bits per heavy atom. The van der Waals surface area contributed by atoms with Crippen molar-refractivity contribution in [3.8, 4) is 5.75 Å². The first-order chi connectivity index (χ1) is 13.2. The van der Waals surface area contributed by atoms with Gasteiger partial charge in [0.1, 0.15) is 17.9 Å². The molecule has 2 aliphatic rings. The number of rotatable bonds is 3. The summed E-state index contributed by atoms with van der Waals surface area (Å²) in [6.07, 6.45) is 1.62. The van der Waals surface area contributed by atoms with Crippen LogP contribution < -0.4 is 9.64 Å². The second-order valence-corrected chi connectivity index (χ2v) is 7.19. The van der Waals surface area contributed by atoms with Gasteiger partial charge >= 0.3 is 0 Å². The summed E-state index contributed by atoms with van der Waals surface area (Å²) in [6.45, 7) is 3.39. The van der Waals surface area contributed by atoms with Gasteiger partial charge in [0.25, 0.3) is 5.91 Å². The SMILES string of the molecule is COc1cccc(C(=O)N2CC3CN(c4ccc5nncn5n4)CC3C2)c1. The zero-order valence-electron chi connectivity index (χ0n) is 15.0. The zero-order valence-corrected chi connectivity index (χ0v) is 15.0. The molecule has 0 bridgehead atoms. The van der Waals surface area contributed by atoms with E-state index in [0.717, 1.165) is 37.6 Å². The molecule has 138 valence electrons. The van der Waals surface area contributed by atoms with Crippen molar-refractivity contribution in [1.29, 1.82) is 0 Å². The van der Waals surface area contributed by atoms with Crippen LogP contribution in [0.3, 0.4) is 0 Å². The van der Waals surface area contributed by atoms with Gasteiger partial charge in [-0.2, -0.15) is 4.52 Å². The molecule has 2 saturated heterocycles. The first-order valence-corrected chi connectivity index (χ1v) is 9.06. The van der Waals surface area contributed by atoms with Crippen molar-refractivity contribution in [3.05, 3.63) is 48.3 Å². The second-order valence-electron chi connectivity index (χ2n) is 7.19. The number of carbonyl (C=O) groups excluding carboxylic acids is 1. The highest BCUT2D eigenvalue weighted by Gasteiger charge is 2.42. The third-order valence-electron chi connectivity index (χ3n) is 5.56. The van der Waals surface area contributed by atoms with Gasteiger partial charge in [-0.3, -0.25) is 4.79 Å². The van der Waals surface area contributed by atoms with Crippen LogP contribution in [0.25, 0.3) is 5.65 Å².